The Morgan fingerprint density at radius 2 is 2.06 bits per heavy atom. The highest BCUT2D eigenvalue weighted by atomic mass is 35.5. The summed E-state index contributed by atoms with van der Waals surface area (Å²) in [6.45, 7) is 4.67. The maximum Gasteiger partial charge on any atom is 0.317 e. The SMILES string of the molecule is CCN(CCO)C(=O)NC(C)c1ccc(Cl)cc1. The monoisotopic (exact) mass is 270 g/mol. The van der Waals surface area contributed by atoms with Crippen molar-refractivity contribution in [2.75, 3.05) is 19.7 Å². The lowest BCUT2D eigenvalue weighted by Crippen LogP contribution is -2.42. The molecule has 1 aromatic carbocycles. The van der Waals surface area contributed by atoms with Crippen LogP contribution in [0.15, 0.2) is 24.3 Å². The van der Waals surface area contributed by atoms with E-state index in [-0.39, 0.29) is 18.7 Å². The van der Waals surface area contributed by atoms with Crippen LogP contribution >= 0.6 is 11.6 Å². The molecule has 0 aliphatic heterocycles. The highest BCUT2D eigenvalue weighted by molar-refractivity contribution is 6.30. The predicted molar refractivity (Wildman–Crippen MR) is 72.7 cm³/mol. The molecule has 0 aromatic heterocycles. The summed E-state index contributed by atoms with van der Waals surface area (Å²) >= 11 is 5.81. The molecule has 1 rings (SSSR count). The second-order valence-electron chi connectivity index (χ2n) is 4.03. The number of carbonyl (C=O) groups is 1. The summed E-state index contributed by atoms with van der Waals surface area (Å²) in [5, 5.41) is 12.4. The second kappa shape index (κ2) is 7.24. The topological polar surface area (TPSA) is 52.6 Å². The first-order valence-corrected chi connectivity index (χ1v) is 6.38. The first-order chi connectivity index (χ1) is 8.58. The smallest absolute Gasteiger partial charge is 0.317 e. The third kappa shape index (κ3) is 4.20. The van der Waals surface area contributed by atoms with Gasteiger partial charge in [-0.2, -0.15) is 0 Å². The molecule has 0 radical (unpaired) electrons. The van der Waals surface area contributed by atoms with Gasteiger partial charge in [-0.3, -0.25) is 0 Å². The molecule has 0 aliphatic rings. The Hall–Kier alpha value is -1.26. The maximum atomic E-state index is 11.9. The number of carbonyl (C=O) groups excluding carboxylic acids is 1. The normalized spacial score (nSPS) is 12.0. The van der Waals surface area contributed by atoms with Crippen LogP contribution < -0.4 is 5.32 Å². The van der Waals surface area contributed by atoms with E-state index in [9.17, 15) is 4.79 Å². The molecule has 18 heavy (non-hydrogen) atoms. The number of halogens is 1. The lowest BCUT2D eigenvalue weighted by Gasteiger charge is -2.23. The average Bonchev–Trinajstić information content (AvgIpc) is 2.36. The molecule has 5 heteroatoms. The van der Waals surface area contributed by atoms with E-state index in [1.807, 2.05) is 26.0 Å². The number of rotatable bonds is 5. The number of urea groups is 1. The van der Waals surface area contributed by atoms with Gasteiger partial charge in [0.15, 0.2) is 0 Å². The lowest BCUT2D eigenvalue weighted by molar-refractivity contribution is 0.178. The average molecular weight is 271 g/mol. The summed E-state index contributed by atoms with van der Waals surface area (Å²) in [4.78, 5) is 13.5. The minimum absolute atomic E-state index is 0.0312. The molecule has 2 N–H and O–H groups in total. The molecular weight excluding hydrogens is 252 g/mol. The quantitative estimate of drug-likeness (QED) is 0.863. The van der Waals surface area contributed by atoms with Gasteiger partial charge in [-0.15, -0.1) is 0 Å². The van der Waals surface area contributed by atoms with E-state index in [1.165, 1.54) is 0 Å². The molecule has 0 fully saturated rings. The van der Waals surface area contributed by atoms with Gasteiger partial charge >= 0.3 is 6.03 Å². The second-order valence-corrected chi connectivity index (χ2v) is 4.46. The van der Waals surface area contributed by atoms with Gasteiger partial charge in [-0.05, 0) is 31.5 Å². The van der Waals surface area contributed by atoms with Gasteiger partial charge in [0.25, 0.3) is 0 Å². The third-order valence-corrected chi connectivity index (χ3v) is 3.00. The van der Waals surface area contributed by atoms with Crippen LogP contribution in [0.4, 0.5) is 4.79 Å². The fourth-order valence-electron chi connectivity index (χ4n) is 1.64. The molecule has 0 saturated carbocycles. The number of aliphatic hydroxyl groups excluding tert-OH is 1. The summed E-state index contributed by atoms with van der Waals surface area (Å²) < 4.78 is 0. The van der Waals surface area contributed by atoms with Crippen LogP contribution in [0.1, 0.15) is 25.5 Å². The first-order valence-electron chi connectivity index (χ1n) is 6.00. The number of hydrogen-bond donors (Lipinski definition) is 2. The molecule has 4 nitrogen and oxygen atoms in total. The van der Waals surface area contributed by atoms with Crippen LogP contribution in [-0.4, -0.2) is 35.7 Å². The zero-order valence-corrected chi connectivity index (χ0v) is 11.4. The molecule has 0 heterocycles. The number of aliphatic hydroxyl groups is 1. The first kappa shape index (κ1) is 14.8. The van der Waals surface area contributed by atoms with Crippen molar-refractivity contribution in [1.82, 2.24) is 10.2 Å². The molecule has 0 bridgehead atoms. The summed E-state index contributed by atoms with van der Waals surface area (Å²) in [6.07, 6.45) is 0. The fraction of sp³-hybridized carbons (Fsp3) is 0.462. The van der Waals surface area contributed by atoms with E-state index in [0.717, 1.165) is 5.56 Å². The summed E-state index contributed by atoms with van der Waals surface area (Å²) in [7, 11) is 0. The number of nitrogens with zero attached hydrogens (tertiary/aromatic N) is 1. The zero-order valence-electron chi connectivity index (χ0n) is 10.7. The van der Waals surface area contributed by atoms with Gasteiger partial charge < -0.3 is 15.3 Å². The van der Waals surface area contributed by atoms with Gasteiger partial charge in [-0.25, -0.2) is 4.79 Å². The number of hydrogen-bond acceptors (Lipinski definition) is 2. The third-order valence-electron chi connectivity index (χ3n) is 2.75. The molecule has 0 saturated heterocycles. The molecule has 1 unspecified atom stereocenters. The van der Waals surface area contributed by atoms with Crippen molar-refractivity contribution in [2.45, 2.75) is 19.9 Å². The molecular formula is C13H19ClN2O2. The van der Waals surface area contributed by atoms with Crippen molar-refractivity contribution in [2.24, 2.45) is 0 Å². The lowest BCUT2D eigenvalue weighted by atomic mass is 10.1. The summed E-state index contributed by atoms with van der Waals surface area (Å²) in [5.41, 5.74) is 0.993. The van der Waals surface area contributed by atoms with Crippen LogP contribution in [0.2, 0.25) is 5.02 Å². The van der Waals surface area contributed by atoms with E-state index in [4.69, 9.17) is 16.7 Å². The Balaban J connectivity index is 2.60. The van der Waals surface area contributed by atoms with E-state index >= 15 is 0 Å². The van der Waals surface area contributed by atoms with Crippen molar-refractivity contribution in [3.05, 3.63) is 34.9 Å². The van der Waals surface area contributed by atoms with Crippen LogP contribution in [-0.2, 0) is 0 Å². The Morgan fingerprint density at radius 3 is 2.56 bits per heavy atom. The van der Waals surface area contributed by atoms with Crippen molar-refractivity contribution < 1.29 is 9.90 Å². The molecule has 2 amide bonds. The Bertz CT molecular complexity index is 381. The van der Waals surface area contributed by atoms with Crippen molar-refractivity contribution in [1.29, 1.82) is 0 Å². The number of likely N-dealkylation sites (N-methyl/N-ethyl adjacent to an activating group) is 1. The maximum absolute atomic E-state index is 11.9. The van der Waals surface area contributed by atoms with Crippen molar-refractivity contribution in [3.8, 4) is 0 Å². The molecule has 0 spiro atoms. The summed E-state index contributed by atoms with van der Waals surface area (Å²) in [5.74, 6) is 0. The van der Waals surface area contributed by atoms with E-state index in [2.05, 4.69) is 5.32 Å². The van der Waals surface area contributed by atoms with E-state index in [0.29, 0.717) is 18.1 Å². The van der Waals surface area contributed by atoms with E-state index in [1.54, 1.807) is 17.0 Å². The molecule has 0 aliphatic carbocycles. The van der Waals surface area contributed by atoms with E-state index < -0.39 is 0 Å². The van der Waals surface area contributed by atoms with Gasteiger partial charge in [0.2, 0.25) is 0 Å². The molecule has 1 aromatic rings. The minimum Gasteiger partial charge on any atom is -0.395 e. The minimum atomic E-state index is -0.172. The van der Waals surface area contributed by atoms with Crippen LogP contribution in [0.25, 0.3) is 0 Å². The van der Waals surface area contributed by atoms with Gasteiger partial charge in [0.1, 0.15) is 0 Å². The van der Waals surface area contributed by atoms with Crippen LogP contribution in [0.3, 0.4) is 0 Å². The largest absolute Gasteiger partial charge is 0.395 e. The predicted octanol–water partition coefficient (Wildman–Crippen LogP) is 2.42. The molecule has 1 atom stereocenters. The van der Waals surface area contributed by atoms with Crippen molar-refractivity contribution >= 4 is 17.6 Å². The highest BCUT2D eigenvalue weighted by Gasteiger charge is 2.14. The number of amides is 2. The van der Waals surface area contributed by atoms with Crippen LogP contribution in [0, 0.1) is 0 Å². The van der Waals surface area contributed by atoms with Crippen LogP contribution in [0.5, 0.6) is 0 Å². The summed E-state index contributed by atoms with van der Waals surface area (Å²) in [6, 6.07) is 7.09. The van der Waals surface area contributed by atoms with Crippen molar-refractivity contribution in [3.63, 3.8) is 0 Å². The Labute approximate surface area is 113 Å². The highest BCUT2D eigenvalue weighted by Crippen LogP contribution is 2.16. The van der Waals surface area contributed by atoms with Gasteiger partial charge in [0, 0.05) is 18.1 Å². The number of benzene rings is 1. The number of nitrogens with one attached hydrogen (secondary N) is 1. The standard InChI is InChI=1S/C13H19ClN2O2/c1-3-16(8-9-17)13(18)15-10(2)11-4-6-12(14)7-5-11/h4-7,10,17H,3,8-9H2,1-2H3,(H,15,18). The Kier molecular flexibility index (Phi) is 5.95. The fourth-order valence-corrected chi connectivity index (χ4v) is 1.76. The zero-order chi connectivity index (χ0) is 13.5. The molecule has 100 valence electrons. The Morgan fingerprint density at radius 1 is 1.44 bits per heavy atom. The van der Waals surface area contributed by atoms with Gasteiger partial charge in [-0.1, -0.05) is 23.7 Å². The van der Waals surface area contributed by atoms with Gasteiger partial charge in [0.05, 0.1) is 12.6 Å².